The van der Waals surface area contributed by atoms with Gasteiger partial charge in [-0.15, -0.1) is 11.3 Å². The van der Waals surface area contributed by atoms with E-state index in [4.69, 9.17) is 18.9 Å². The van der Waals surface area contributed by atoms with Gasteiger partial charge in [0.05, 0.1) is 10.7 Å². The lowest BCUT2D eigenvalue weighted by atomic mass is 10.1. The van der Waals surface area contributed by atoms with E-state index < -0.39 is 53.6 Å². The summed E-state index contributed by atoms with van der Waals surface area (Å²) in [5.74, 6) is 3.73. The Balaban J connectivity index is 2.50. The first-order valence-corrected chi connectivity index (χ1v) is 16.1. The van der Waals surface area contributed by atoms with E-state index >= 15 is 0 Å². The maximum absolute atomic E-state index is 13.6. The van der Waals surface area contributed by atoms with Crippen LogP contribution in [0.5, 0.6) is 0 Å². The second-order valence-corrected chi connectivity index (χ2v) is 14.8. The van der Waals surface area contributed by atoms with E-state index in [1.807, 2.05) is 12.3 Å². The maximum atomic E-state index is 13.6. The molecule has 0 fully saturated rings. The van der Waals surface area contributed by atoms with E-state index in [1.165, 1.54) is 11.3 Å². The Morgan fingerprint density at radius 3 is 2.27 bits per heavy atom. The number of hydrogen-bond donors (Lipinski definition) is 0. The topological polar surface area (TPSA) is 121 Å². The lowest BCUT2D eigenvalue weighted by Crippen LogP contribution is -2.52. The molecule has 2 rings (SSSR count). The van der Waals surface area contributed by atoms with Gasteiger partial charge in [-0.2, -0.15) is 4.90 Å². The van der Waals surface area contributed by atoms with Crippen LogP contribution < -0.4 is 0 Å². The fraction of sp³-hybridized carbons (Fsp3) is 0.594. The molecule has 0 aromatic carbocycles. The standard InChI is InChI=1S/C32H43BrN2O8S/c1-20-12-10-15-27(36)41-24(17-21(2)33)18-26-34-23(19-44-26)13-11-14-25(28(37)40-22(3)16-20)35(29(38)42-31(4,5)6)30(39)43-32(7,8)9/h12,17,19,22,24-25H,11,13-14,16,18H2,1-9H3/t22-,24+,25-/m0/s1. The zero-order valence-corrected chi connectivity index (χ0v) is 29.3. The third-order valence-electron chi connectivity index (χ3n) is 5.74. The molecule has 0 unspecified atom stereocenters. The van der Waals surface area contributed by atoms with Crippen molar-refractivity contribution in [3.8, 4) is 11.8 Å². The summed E-state index contributed by atoms with van der Waals surface area (Å²) in [6.45, 7) is 15.3. The van der Waals surface area contributed by atoms with Crippen molar-refractivity contribution < 1.29 is 38.1 Å². The van der Waals surface area contributed by atoms with Crippen LogP contribution in [0, 0.1) is 11.8 Å². The second-order valence-electron chi connectivity index (χ2n) is 12.6. The number of allylic oxidation sites excluding steroid dienone is 2. The fourth-order valence-corrected chi connectivity index (χ4v) is 5.28. The van der Waals surface area contributed by atoms with Crippen LogP contribution in [0.25, 0.3) is 0 Å². The Morgan fingerprint density at radius 2 is 1.70 bits per heavy atom. The van der Waals surface area contributed by atoms with Crippen LogP contribution in [-0.2, 0) is 41.4 Å². The van der Waals surface area contributed by atoms with Gasteiger partial charge in [0.15, 0.2) is 0 Å². The van der Waals surface area contributed by atoms with Gasteiger partial charge in [0.2, 0.25) is 0 Å². The Bertz CT molecular complexity index is 1290. The number of aromatic nitrogens is 1. The SMILES string of the molecule is CC(Br)=C[C@@H]1Cc2nc(cs2)CCC[C@H](N(C(=O)OC(C)(C)C)C(=O)OC(C)(C)C)C(=O)O[C@@H](C)CC(C)=CC#CC(=O)O1. The van der Waals surface area contributed by atoms with E-state index in [2.05, 4.69) is 32.8 Å². The number of carbonyl (C=O) groups is 4. The second kappa shape index (κ2) is 16.2. The summed E-state index contributed by atoms with van der Waals surface area (Å²) in [5.41, 5.74) is -0.365. The highest BCUT2D eigenvalue weighted by molar-refractivity contribution is 9.11. The van der Waals surface area contributed by atoms with Gasteiger partial charge in [0.25, 0.3) is 0 Å². The van der Waals surface area contributed by atoms with E-state index in [0.29, 0.717) is 25.7 Å². The largest absolute Gasteiger partial charge is 0.461 e. The highest BCUT2D eigenvalue weighted by atomic mass is 79.9. The zero-order chi connectivity index (χ0) is 33.2. The van der Waals surface area contributed by atoms with E-state index in [-0.39, 0.29) is 6.42 Å². The van der Waals surface area contributed by atoms with Crippen LogP contribution in [0.3, 0.4) is 0 Å². The molecule has 1 aliphatic heterocycles. The molecule has 0 saturated heterocycles. The molecule has 44 heavy (non-hydrogen) atoms. The minimum Gasteiger partial charge on any atom is -0.461 e. The quantitative estimate of drug-likeness (QED) is 0.139. The Morgan fingerprint density at radius 1 is 1.09 bits per heavy atom. The van der Waals surface area contributed by atoms with Gasteiger partial charge >= 0.3 is 24.1 Å². The predicted octanol–water partition coefficient (Wildman–Crippen LogP) is 7.04. The molecule has 12 heteroatoms. The van der Waals surface area contributed by atoms with Crippen molar-refractivity contribution in [1.82, 2.24) is 9.88 Å². The lowest BCUT2D eigenvalue weighted by Gasteiger charge is -2.33. The smallest absolute Gasteiger partial charge is 0.420 e. The number of fused-ring (bicyclic) bond motifs is 2. The number of cyclic esters (lactones) is 2. The number of amides is 2. The number of hydrogen-bond acceptors (Lipinski definition) is 10. The number of ether oxygens (including phenoxy) is 4. The third-order valence-corrected chi connectivity index (χ3v) is 6.93. The van der Waals surface area contributed by atoms with Gasteiger partial charge in [0, 0.05) is 24.1 Å². The molecule has 0 spiro atoms. The molecule has 1 aromatic heterocycles. The molecule has 242 valence electrons. The first-order valence-electron chi connectivity index (χ1n) is 14.4. The van der Waals surface area contributed by atoms with Crippen molar-refractivity contribution in [2.24, 2.45) is 0 Å². The monoisotopic (exact) mass is 694 g/mol. The molecule has 10 nitrogen and oxygen atoms in total. The summed E-state index contributed by atoms with van der Waals surface area (Å²) in [4.78, 5) is 58.2. The summed E-state index contributed by atoms with van der Waals surface area (Å²) in [6.07, 6.45) is 1.71. The minimum atomic E-state index is -1.31. The van der Waals surface area contributed by atoms with Crippen LogP contribution in [0.15, 0.2) is 27.6 Å². The highest BCUT2D eigenvalue weighted by Crippen LogP contribution is 2.23. The summed E-state index contributed by atoms with van der Waals surface area (Å²) in [7, 11) is 0. The number of aryl methyl sites for hydroxylation is 1. The van der Waals surface area contributed by atoms with Crippen molar-refractivity contribution >= 4 is 51.4 Å². The van der Waals surface area contributed by atoms with Crippen LogP contribution >= 0.6 is 27.3 Å². The Hall–Kier alpha value is -3.17. The Labute approximate surface area is 272 Å². The molecule has 2 amide bonds. The number of thiazole rings is 1. The number of esters is 2. The van der Waals surface area contributed by atoms with E-state index in [1.54, 1.807) is 67.5 Å². The maximum Gasteiger partial charge on any atom is 0.420 e. The van der Waals surface area contributed by atoms with Gasteiger partial charge < -0.3 is 18.9 Å². The summed E-state index contributed by atoms with van der Waals surface area (Å²) >= 11 is 4.82. The van der Waals surface area contributed by atoms with Crippen LogP contribution in [0.4, 0.5) is 9.59 Å². The zero-order valence-electron chi connectivity index (χ0n) is 26.9. The molecule has 0 aliphatic carbocycles. The number of imide groups is 1. The molecule has 0 saturated carbocycles. The first kappa shape index (κ1) is 37.0. The van der Waals surface area contributed by atoms with Crippen molar-refractivity contribution in [2.75, 3.05) is 0 Å². The van der Waals surface area contributed by atoms with Gasteiger partial charge in [-0.05, 0) is 98.2 Å². The molecule has 3 atom stereocenters. The molecule has 0 radical (unpaired) electrons. The number of carbonyl (C=O) groups excluding carboxylic acids is 4. The molecule has 1 aromatic rings. The first-order chi connectivity index (χ1) is 20.3. The highest BCUT2D eigenvalue weighted by Gasteiger charge is 2.41. The van der Waals surface area contributed by atoms with Crippen molar-refractivity contribution in [3.63, 3.8) is 0 Å². The molecular weight excluding hydrogens is 652 g/mol. The fourth-order valence-electron chi connectivity index (χ4n) is 4.12. The van der Waals surface area contributed by atoms with Gasteiger partial charge in [-0.3, -0.25) is 0 Å². The Kier molecular flexibility index (Phi) is 13.7. The molecule has 2 heterocycles. The van der Waals surface area contributed by atoms with Crippen molar-refractivity contribution in [2.45, 2.75) is 124 Å². The number of nitrogens with zero attached hydrogens (tertiary/aromatic N) is 2. The van der Waals surface area contributed by atoms with Crippen LogP contribution in [-0.4, -0.2) is 63.5 Å². The molecule has 1 aliphatic rings. The summed E-state index contributed by atoms with van der Waals surface area (Å²) in [5, 5.41) is 2.64. The van der Waals surface area contributed by atoms with E-state index in [9.17, 15) is 19.2 Å². The molecule has 2 bridgehead atoms. The average molecular weight is 696 g/mol. The third kappa shape index (κ3) is 13.6. The van der Waals surface area contributed by atoms with Crippen molar-refractivity contribution in [1.29, 1.82) is 0 Å². The average Bonchev–Trinajstić information content (AvgIpc) is 3.26. The van der Waals surface area contributed by atoms with Gasteiger partial charge in [-0.25, -0.2) is 24.2 Å². The van der Waals surface area contributed by atoms with E-state index in [0.717, 1.165) is 25.7 Å². The van der Waals surface area contributed by atoms with Gasteiger partial charge in [0.1, 0.15) is 29.5 Å². The lowest BCUT2D eigenvalue weighted by molar-refractivity contribution is -0.154. The van der Waals surface area contributed by atoms with Crippen LogP contribution in [0.2, 0.25) is 0 Å². The summed E-state index contributed by atoms with van der Waals surface area (Å²) < 4.78 is 23.2. The summed E-state index contributed by atoms with van der Waals surface area (Å²) in [6, 6.07) is -1.31. The minimum absolute atomic E-state index is 0.0863. The normalized spacial score (nSPS) is 21.2. The van der Waals surface area contributed by atoms with Crippen LogP contribution in [0.1, 0.15) is 92.3 Å². The van der Waals surface area contributed by atoms with Crippen molar-refractivity contribution in [3.05, 3.63) is 38.3 Å². The van der Waals surface area contributed by atoms with Gasteiger partial charge in [-0.1, -0.05) is 27.4 Å². The number of rotatable bonds is 2. The predicted molar refractivity (Wildman–Crippen MR) is 171 cm³/mol. The molecular formula is C32H43BrN2O8S. The number of halogens is 1. The molecule has 0 N–H and O–H groups in total.